The zero-order valence-electron chi connectivity index (χ0n) is 17.0. The quantitative estimate of drug-likeness (QED) is 0.713. The van der Waals surface area contributed by atoms with Crippen LogP contribution in [0, 0.1) is 0 Å². The predicted octanol–water partition coefficient (Wildman–Crippen LogP) is 2.83. The number of carbonyl (C=O) groups is 2. The molecule has 3 aliphatic rings. The Bertz CT molecular complexity index is 941. The van der Waals surface area contributed by atoms with Gasteiger partial charge in [0.1, 0.15) is 5.75 Å². The molecule has 0 saturated carbocycles. The van der Waals surface area contributed by atoms with Crippen LogP contribution < -0.4 is 10.1 Å². The highest BCUT2D eigenvalue weighted by Gasteiger charge is 2.28. The van der Waals surface area contributed by atoms with E-state index in [0.717, 1.165) is 30.9 Å². The normalized spacial score (nSPS) is 22.5. The van der Waals surface area contributed by atoms with Crippen LogP contribution in [-0.2, 0) is 9.59 Å². The van der Waals surface area contributed by atoms with Gasteiger partial charge in [-0.05, 0) is 55.8 Å². The van der Waals surface area contributed by atoms with Crippen LogP contribution in [0.4, 0.5) is 0 Å². The Balaban J connectivity index is 1.40. The van der Waals surface area contributed by atoms with Gasteiger partial charge in [-0.2, -0.15) is 0 Å². The first-order chi connectivity index (χ1) is 14.6. The molecular formula is C23H25N3O3S. The molecule has 0 radical (unpaired) electrons. The molecule has 156 valence electrons. The van der Waals surface area contributed by atoms with E-state index in [0.29, 0.717) is 22.7 Å². The van der Waals surface area contributed by atoms with E-state index in [1.54, 1.807) is 13.2 Å². The molecule has 6 nitrogen and oxygen atoms in total. The number of fused-ring (bicyclic) bond motifs is 1. The lowest BCUT2D eigenvalue weighted by molar-refractivity contribution is -0.117. The summed E-state index contributed by atoms with van der Waals surface area (Å²) in [5.74, 6) is 0.373. The van der Waals surface area contributed by atoms with E-state index in [1.807, 2.05) is 42.5 Å². The topological polar surface area (TPSA) is 71.0 Å². The van der Waals surface area contributed by atoms with Gasteiger partial charge in [-0.25, -0.2) is 4.99 Å². The number of amides is 2. The van der Waals surface area contributed by atoms with Crippen molar-refractivity contribution in [1.82, 2.24) is 10.2 Å². The van der Waals surface area contributed by atoms with Gasteiger partial charge in [-0.3, -0.25) is 9.59 Å². The average Bonchev–Trinajstić information content (AvgIpc) is 3.28. The third kappa shape index (κ3) is 4.91. The van der Waals surface area contributed by atoms with E-state index in [4.69, 9.17) is 4.74 Å². The monoisotopic (exact) mass is 423 g/mol. The first-order valence-electron chi connectivity index (χ1n) is 10.2. The Kier molecular flexibility index (Phi) is 6.50. The van der Waals surface area contributed by atoms with E-state index in [2.05, 4.69) is 15.2 Å². The Labute approximate surface area is 180 Å². The van der Waals surface area contributed by atoms with Crippen molar-refractivity contribution in [2.45, 2.75) is 18.1 Å². The fourth-order valence-corrected chi connectivity index (χ4v) is 4.68. The SMILES string of the molecule is COc1ccc(/C=C2/SC3C=CC(C(=O)NCCN4CCCC4)=CC3=NC2=O)cc1. The summed E-state index contributed by atoms with van der Waals surface area (Å²) >= 11 is 1.46. The largest absolute Gasteiger partial charge is 0.497 e. The summed E-state index contributed by atoms with van der Waals surface area (Å²) in [6.45, 7) is 3.73. The number of hydrogen-bond acceptors (Lipinski definition) is 5. The molecule has 0 aromatic heterocycles. The number of hydrogen-bond donors (Lipinski definition) is 1. The number of likely N-dealkylation sites (tertiary alicyclic amines) is 1. The smallest absolute Gasteiger partial charge is 0.283 e. The molecule has 2 heterocycles. The van der Waals surface area contributed by atoms with Crippen LogP contribution in [0.15, 0.2) is 58.0 Å². The lowest BCUT2D eigenvalue weighted by atomic mass is 10.0. The minimum atomic E-state index is -0.276. The number of ether oxygens (including phenoxy) is 1. The van der Waals surface area contributed by atoms with Crippen LogP contribution in [0.25, 0.3) is 6.08 Å². The number of nitrogens with zero attached hydrogens (tertiary/aromatic N) is 2. The summed E-state index contributed by atoms with van der Waals surface area (Å²) in [6, 6.07) is 7.52. The summed E-state index contributed by atoms with van der Waals surface area (Å²) < 4.78 is 5.17. The van der Waals surface area contributed by atoms with Crippen molar-refractivity contribution in [3.8, 4) is 5.75 Å². The molecule has 0 bridgehead atoms. The predicted molar refractivity (Wildman–Crippen MR) is 121 cm³/mol. The molecule has 0 spiro atoms. The lowest BCUT2D eigenvalue weighted by Crippen LogP contribution is -2.35. The highest BCUT2D eigenvalue weighted by molar-refractivity contribution is 8.05. The fourth-order valence-electron chi connectivity index (χ4n) is 3.66. The average molecular weight is 424 g/mol. The molecule has 1 aromatic carbocycles. The van der Waals surface area contributed by atoms with Crippen molar-refractivity contribution in [2.75, 3.05) is 33.3 Å². The van der Waals surface area contributed by atoms with E-state index < -0.39 is 0 Å². The number of thioether (sulfide) groups is 1. The van der Waals surface area contributed by atoms with Crippen LogP contribution >= 0.6 is 11.8 Å². The van der Waals surface area contributed by atoms with Gasteiger partial charge >= 0.3 is 0 Å². The Morgan fingerprint density at radius 3 is 2.80 bits per heavy atom. The highest BCUT2D eigenvalue weighted by Crippen LogP contribution is 2.34. The van der Waals surface area contributed by atoms with Gasteiger partial charge in [0.25, 0.3) is 11.8 Å². The molecule has 7 heteroatoms. The van der Waals surface area contributed by atoms with Gasteiger partial charge in [-0.15, -0.1) is 11.8 Å². The zero-order chi connectivity index (χ0) is 20.9. The van der Waals surface area contributed by atoms with Crippen molar-refractivity contribution >= 4 is 35.4 Å². The second-order valence-corrected chi connectivity index (χ2v) is 8.61. The summed E-state index contributed by atoms with van der Waals surface area (Å²) in [5.41, 5.74) is 2.09. The first kappa shape index (κ1) is 20.6. The Morgan fingerprint density at radius 2 is 2.07 bits per heavy atom. The van der Waals surface area contributed by atoms with Gasteiger partial charge in [0, 0.05) is 18.7 Å². The number of rotatable bonds is 6. The van der Waals surface area contributed by atoms with Crippen LogP contribution in [0.5, 0.6) is 5.75 Å². The van der Waals surface area contributed by atoms with E-state index in [1.165, 1.54) is 24.6 Å². The van der Waals surface area contributed by atoms with Crippen LogP contribution in [-0.4, -0.2) is 61.0 Å². The van der Waals surface area contributed by atoms with Gasteiger partial charge in [0.2, 0.25) is 0 Å². The maximum absolute atomic E-state index is 12.5. The maximum atomic E-state index is 12.5. The van der Waals surface area contributed by atoms with Crippen LogP contribution in [0.3, 0.4) is 0 Å². The minimum absolute atomic E-state index is 0.0617. The van der Waals surface area contributed by atoms with Crippen molar-refractivity contribution < 1.29 is 14.3 Å². The summed E-state index contributed by atoms with van der Waals surface area (Å²) in [4.78, 5) is 32.2. The van der Waals surface area contributed by atoms with Crippen LogP contribution in [0.2, 0.25) is 0 Å². The third-order valence-corrected chi connectivity index (χ3v) is 6.53. The molecule has 1 saturated heterocycles. The summed E-state index contributed by atoms with van der Waals surface area (Å²) in [6.07, 6.45) is 9.80. The van der Waals surface area contributed by atoms with Crippen molar-refractivity contribution in [3.05, 3.63) is 58.5 Å². The van der Waals surface area contributed by atoms with Gasteiger partial charge in [0.05, 0.1) is 23.0 Å². The van der Waals surface area contributed by atoms with E-state index >= 15 is 0 Å². The second-order valence-electron chi connectivity index (χ2n) is 7.43. The number of carbonyl (C=O) groups excluding carboxylic acids is 2. The van der Waals surface area contributed by atoms with Crippen LogP contribution in [0.1, 0.15) is 18.4 Å². The van der Waals surface area contributed by atoms with Gasteiger partial charge in [0.15, 0.2) is 0 Å². The number of benzene rings is 1. The molecule has 2 amide bonds. The number of methoxy groups -OCH3 is 1. The number of nitrogens with one attached hydrogen (secondary N) is 1. The molecule has 1 aliphatic carbocycles. The standard InChI is InChI=1S/C23H25N3O3S/c1-29-18-7-4-16(5-8-18)14-21-23(28)25-19-15-17(6-9-20(19)30-21)22(27)24-10-13-26-11-2-3-12-26/h4-9,14-15,20H,2-3,10-13H2,1H3,(H,24,27)/b21-14+. The van der Waals surface area contributed by atoms with Crippen molar-refractivity contribution in [1.29, 1.82) is 0 Å². The van der Waals surface area contributed by atoms with E-state index in [-0.39, 0.29) is 17.1 Å². The molecule has 1 N–H and O–H groups in total. The molecule has 30 heavy (non-hydrogen) atoms. The van der Waals surface area contributed by atoms with Crippen molar-refractivity contribution in [2.24, 2.45) is 4.99 Å². The van der Waals surface area contributed by atoms with Gasteiger partial charge in [-0.1, -0.05) is 24.3 Å². The summed E-state index contributed by atoms with van der Waals surface area (Å²) in [5, 5.41) is 2.91. The highest BCUT2D eigenvalue weighted by atomic mass is 32.2. The van der Waals surface area contributed by atoms with Gasteiger partial charge < -0.3 is 15.0 Å². The number of allylic oxidation sites excluding steroid dienone is 1. The lowest BCUT2D eigenvalue weighted by Gasteiger charge is -2.22. The Morgan fingerprint density at radius 1 is 1.30 bits per heavy atom. The zero-order valence-corrected chi connectivity index (χ0v) is 17.8. The maximum Gasteiger partial charge on any atom is 0.283 e. The molecular weight excluding hydrogens is 398 g/mol. The Hall–Kier alpha value is -2.64. The molecule has 4 rings (SSSR count). The minimum Gasteiger partial charge on any atom is -0.497 e. The van der Waals surface area contributed by atoms with E-state index in [9.17, 15) is 9.59 Å². The fraction of sp³-hybridized carbons (Fsp3) is 0.348. The second kappa shape index (κ2) is 9.45. The molecule has 1 aromatic rings. The summed E-state index contributed by atoms with van der Waals surface area (Å²) in [7, 11) is 1.62. The number of aliphatic imine (C=N–C) groups is 1. The van der Waals surface area contributed by atoms with Crippen molar-refractivity contribution in [3.63, 3.8) is 0 Å². The molecule has 1 fully saturated rings. The molecule has 2 aliphatic heterocycles. The third-order valence-electron chi connectivity index (χ3n) is 5.33. The molecule has 1 unspecified atom stereocenters. The molecule has 1 atom stereocenters. The first-order valence-corrected chi connectivity index (χ1v) is 11.1.